The molecule has 0 N–H and O–H groups in total. The standard InChI is InChI=1S/C18H18N4OS2/c1-10-5-15(12(3)22(10)17-6-11(2)23-21-17)16-9-25-18(20-16)7-14-8-24-13(4)19-14/h5-6,8-9H,7H2,1-4H3. The van der Waals surface area contributed by atoms with Gasteiger partial charge in [-0.05, 0) is 33.8 Å². The average molecular weight is 371 g/mol. The molecule has 5 nitrogen and oxygen atoms in total. The van der Waals surface area contributed by atoms with Crippen LogP contribution in [0.2, 0.25) is 0 Å². The topological polar surface area (TPSA) is 56.7 Å². The highest BCUT2D eigenvalue weighted by Crippen LogP contribution is 2.30. The van der Waals surface area contributed by atoms with E-state index in [0.717, 1.165) is 56.4 Å². The zero-order valence-corrected chi connectivity index (χ0v) is 16.2. The highest BCUT2D eigenvalue weighted by molar-refractivity contribution is 7.10. The van der Waals surface area contributed by atoms with Crippen molar-refractivity contribution in [1.29, 1.82) is 0 Å². The average Bonchev–Trinajstić information content (AvgIpc) is 3.31. The van der Waals surface area contributed by atoms with Gasteiger partial charge < -0.3 is 4.52 Å². The van der Waals surface area contributed by atoms with Crippen LogP contribution < -0.4 is 0 Å². The van der Waals surface area contributed by atoms with Crippen LogP contribution in [0.4, 0.5) is 0 Å². The second-order valence-corrected chi connectivity index (χ2v) is 8.08. The van der Waals surface area contributed by atoms with Gasteiger partial charge in [0.05, 0.1) is 21.4 Å². The molecule has 25 heavy (non-hydrogen) atoms. The lowest BCUT2D eigenvalue weighted by Gasteiger charge is -2.04. The van der Waals surface area contributed by atoms with Crippen molar-refractivity contribution in [3.05, 3.63) is 55.8 Å². The van der Waals surface area contributed by atoms with E-state index in [1.54, 1.807) is 22.7 Å². The number of aromatic nitrogens is 4. The van der Waals surface area contributed by atoms with E-state index in [1.165, 1.54) is 0 Å². The van der Waals surface area contributed by atoms with Crippen LogP contribution in [0.25, 0.3) is 17.1 Å². The Bertz CT molecular complexity index is 1040. The van der Waals surface area contributed by atoms with Gasteiger partial charge in [-0.25, -0.2) is 9.97 Å². The maximum absolute atomic E-state index is 5.23. The Kier molecular flexibility index (Phi) is 4.05. The molecule has 0 bridgehead atoms. The van der Waals surface area contributed by atoms with Gasteiger partial charge in [-0.1, -0.05) is 5.16 Å². The Balaban J connectivity index is 1.66. The summed E-state index contributed by atoms with van der Waals surface area (Å²) in [6.45, 7) is 8.10. The number of nitrogens with zero attached hydrogens (tertiary/aromatic N) is 4. The molecular weight excluding hydrogens is 352 g/mol. The molecule has 0 fully saturated rings. The van der Waals surface area contributed by atoms with Crippen molar-refractivity contribution in [2.45, 2.75) is 34.1 Å². The molecule has 4 rings (SSSR count). The summed E-state index contributed by atoms with van der Waals surface area (Å²) in [5, 5.41) is 10.5. The van der Waals surface area contributed by atoms with Crippen molar-refractivity contribution in [3.8, 4) is 17.1 Å². The monoisotopic (exact) mass is 370 g/mol. The third-order valence-electron chi connectivity index (χ3n) is 4.10. The van der Waals surface area contributed by atoms with Crippen molar-refractivity contribution in [3.63, 3.8) is 0 Å². The fraction of sp³-hybridized carbons (Fsp3) is 0.278. The molecule has 0 aromatic carbocycles. The van der Waals surface area contributed by atoms with Crippen molar-refractivity contribution < 1.29 is 4.52 Å². The summed E-state index contributed by atoms with van der Waals surface area (Å²) in [6.07, 6.45) is 0.788. The van der Waals surface area contributed by atoms with Gasteiger partial charge in [0.25, 0.3) is 0 Å². The van der Waals surface area contributed by atoms with E-state index in [-0.39, 0.29) is 0 Å². The lowest BCUT2D eigenvalue weighted by Crippen LogP contribution is -1.99. The molecule has 0 aliphatic carbocycles. The van der Waals surface area contributed by atoms with Gasteiger partial charge >= 0.3 is 0 Å². The van der Waals surface area contributed by atoms with Crippen LogP contribution in [-0.2, 0) is 6.42 Å². The van der Waals surface area contributed by atoms with E-state index in [2.05, 4.69) is 45.4 Å². The van der Waals surface area contributed by atoms with Crippen LogP contribution in [0.5, 0.6) is 0 Å². The van der Waals surface area contributed by atoms with Crippen LogP contribution in [0, 0.1) is 27.7 Å². The van der Waals surface area contributed by atoms with E-state index in [0.29, 0.717) is 0 Å². The molecule has 4 aromatic heterocycles. The van der Waals surface area contributed by atoms with Crippen LogP contribution in [0.1, 0.15) is 32.9 Å². The summed E-state index contributed by atoms with van der Waals surface area (Å²) in [7, 11) is 0. The van der Waals surface area contributed by atoms with Crippen molar-refractivity contribution in [2.24, 2.45) is 0 Å². The number of aryl methyl sites for hydroxylation is 3. The highest BCUT2D eigenvalue weighted by atomic mass is 32.1. The fourth-order valence-corrected chi connectivity index (χ4v) is 4.42. The molecule has 0 radical (unpaired) electrons. The SMILES string of the molecule is Cc1cc(-n2c(C)cc(-c3csc(Cc4csc(C)n4)n3)c2C)no1. The smallest absolute Gasteiger partial charge is 0.180 e. The van der Waals surface area contributed by atoms with Gasteiger partial charge in [0.2, 0.25) is 0 Å². The number of hydrogen-bond donors (Lipinski definition) is 0. The van der Waals surface area contributed by atoms with E-state index < -0.39 is 0 Å². The van der Waals surface area contributed by atoms with Crippen LogP contribution in [0.15, 0.2) is 27.4 Å². The molecule has 128 valence electrons. The van der Waals surface area contributed by atoms with Gasteiger partial charge in [-0.2, -0.15) is 0 Å². The summed E-state index contributed by atoms with van der Waals surface area (Å²) in [4.78, 5) is 9.35. The summed E-state index contributed by atoms with van der Waals surface area (Å²) >= 11 is 3.36. The summed E-state index contributed by atoms with van der Waals surface area (Å²) in [6, 6.07) is 4.10. The van der Waals surface area contributed by atoms with E-state index >= 15 is 0 Å². The minimum absolute atomic E-state index is 0.788. The van der Waals surface area contributed by atoms with E-state index in [9.17, 15) is 0 Å². The molecule has 0 unspecified atom stereocenters. The third-order valence-corrected chi connectivity index (χ3v) is 5.77. The normalized spacial score (nSPS) is 11.4. The molecule has 7 heteroatoms. The number of hydrogen-bond acceptors (Lipinski definition) is 6. The zero-order valence-electron chi connectivity index (χ0n) is 14.5. The van der Waals surface area contributed by atoms with Gasteiger partial charge in [0, 0.05) is 40.2 Å². The molecular formula is C18H18N4OS2. The van der Waals surface area contributed by atoms with Crippen LogP contribution in [-0.4, -0.2) is 19.7 Å². The molecule has 0 aliphatic heterocycles. The van der Waals surface area contributed by atoms with Gasteiger partial charge in [0.1, 0.15) is 5.76 Å². The first-order valence-corrected chi connectivity index (χ1v) is 9.75. The molecule has 0 atom stereocenters. The molecule has 0 saturated carbocycles. The van der Waals surface area contributed by atoms with Gasteiger partial charge in [-0.15, -0.1) is 22.7 Å². The summed E-state index contributed by atoms with van der Waals surface area (Å²) in [5.41, 5.74) is 5.46. The van der Waals surface area contributed by atoms with Crippen LogP contribution in [0.3, 0.4) is 0 Å². The summed E-state index contributed by atoms with van der Waals surface area (Å²) in [5.74, 6) is 1.62. The Morgan fingerprint density at radius 1 is 1.04 bits per heavy atom. The first-order chi connectivity index (χ1) is 12.0. The van der Waals surface area contributed by atoms with Crippen molar-refractivity contribution in [2.75, 3.05) is 0 Å². The Labute approximate surface area is 154 Å². The first-order valence-electron chi connectivity index (χ1n) is 7.99. The fourth-order valence-electron chi connectivity index (χ4n) is 2.99. The second-order valence-electron chi connectivity index (χ2n) is 6.08. The minimum Gasteiger partial charge on any atom is -0.360 e. The number of thiazole rings is 2. The molecule has 4 heterocycles. The summed E-state index contributed by atoms with van der Waals surface area (Å²) < 4.78 is 7.33. The lowest BCUT2D eigenvalue weighted by molar-refractivity contribution is 0.394. The molecule has 0 amide bonds. The van der Waals surface area contributed by atoms with Gasteiger partial charge in [-0.3, -0.25) is 4.57 Å². The second kappa shape index (κ2) is 6.24. The largest absolute Gasteiger partial charge is 0.360 e. The number of rotatable bonds is 4. The molecule has 0 aliphatic rings. The minimum atomic E-state index is 0.788. The maximum atomic E-state index is 5.23. The van der Waals surface area contributed by atoms with E-state index in [4.69, 9.17) is 9.51 Å². The Hall–Kier alpha value is -2.25. The maximum Gasteiger partial charge on any atom is 0.180 e. The zero-order chi connectivity index (χ0) is 17.6. The van der Waals surface area contributed by atoms with Crippen molar-refractivity contribution >= 4 is 22.7 Å². The molecule has 0 saturated heterocycles. The molecule has 4 aromatic rings. The molecule has 0 spiro atoms. The quantitative estimate of drug-likeness (QED) is 0.514. The Morgan fingerprint density at radius 2 is 1.88 bits per heavy atom. The lowest BCUT2D eigenvalue weighted by atomic mass is 10.2. The van der Waals surface area contributed by atoms with Crippen molar-refractivity contribution in [1.82, 2.24) is 19.7 Å². The van der Waals surface area contributed by atoms with Gasteiger partial charge in [0.15, 0.2) is 5.82 Å². The Morgan fingerprint density at radius 3 is 2.56 bits per heavy atom. The highest BCUT2D eigenvalue weighted by Gasteiger charge is 2.17. The van der Waals surface area contributed by atoms with E-state index in [1.807, 2.05) is 19.9 Å². The van der Waals surface area contributed by atoms with Crippen LogP contribution >= 0.6 is 22.7 Å². The predicted octanol–water partition coefficient (Wildman–Crippen LogP) is 4.87. The third kappa shape index (κ3) is 3.05. The predicted molar refractivity (Wildman–Crippen MR) is 101 cm³/mol. The first kappa shape index (κ1) is 16.2.